The standard InChI is InChI=1S/C13H14N2O3S/c14-12-9(13(18)15-7-11(16)17)6-10(19-12)8-4-2-1-3-5-8/h1-5,10H,6-7,14H2,(H,15,18)(H,16,17). The Balaban J connectivity index is 2.02. The van der Waals surface area contributed by atoms with Crippen molar-refractivity contribution in [3.05, 3.63) is 46.5 Å². The highest BCUT2D eigenvalue weighted by atomic mass is 32.2. The number of nitrogens with two attached hydrogens (primary N) is 1. The van der Waals surface area contributed by atoms with Crippen LogP contribution in [0.25, 0.3) is 0 Å². The number of rotatable bonds is 4. The maximum Gasteiger partial charge on any atom is 0.322 e. The van der Waals surface area contributed by atoms with Gasteiger partial charge in [0.25, 0.3) is 0 Å². The lowest BCUT2D eigenvalue weighted by atomic mass is 10.0. The molecule has 19 heavy (non-hydrogen) atoms. The Hall–Kier alpha value is -1.95. The van der Waals surface area contributed by atoms with Gasteiger partial charge in [-0.25, -0.2) is 0 Å². The van der Waals surface area contributed by atoms with Gasteiger partial charge in [0.1, 0.15) is 6.54 Å². The average Bonchev–Trinajstić information content (AvgIpc) is 2.79. The van der Waals surface area contributed by atoms with Gasteiger partial charge in [0.2, 0.25) is 5.91 Å². The molecule has 1 amide bonds. The zero-order valence-corrected chi connectivity index (χ0v) is 10.9. The first-order valence-electron chi connectivity index (χ1n) is 5.78. The highest BCUT2D eigenvalue weighted by Crippen LogP contribution is 2.45. The lowest BCUT2D eigenvalue weighted by molar-refractivity contribution is -0.137. The van der Waals surface area contributed by atoms with Crippen molar-refractivity contribution in [3.8, 4) is 0 Å². The maximum atomic E-state index is 11.8. The fourth-order valence-corrected chi connectivity index (χ4v) is 3.04. The molecule has 1 heterocycles. The Morgan fingerprint density at radius 3 is 2.68 bits per heavy atom. The van der Waals surface area contributed by atoms with Crippen molar-refractivity contribution >= 4 is 23.6 Å². The Labute approximate surface area is 114 Å². The fraction of sp³-hybridized carbons (Fsp3) is 0.231. The second kappa shape index (κ2) is 5.79. The first-order valence-corrected chi connectivity index (χ1v) is 6.66. The first-order chi connectivity index (χ1) is 9.08. The predicted octanol–water partition coefficient (Wildman–Crippen LogP) is 1.24. The third-order valence-electron chi connectivity index (χ3n) is 2.80. The van der Waals surface area contributed by atoms with Gasteiger partial charge >= 0.3 is 5.97 Å². The van der Waals surface area contributed by atoms with Crippen molar-refractivity contribution in [2.75, 3.05) is 6.54 Å². The smallest absolute Gasteiger partial charge is 0.322 e. The number of benzene rings is 1. The Morgan fingerprint density at radius 1 is 1.37 bits per heavy atom. The number of carbonyl (C=O) groups is 2. The molecule has 1 unspecified atom stereocenters. The molecule has 4 N–H and O–H groups in total. The van der Waals surface area contributed by atoms with E-state index >= 15 is 0 Å². The number of amides is 1. The fourth-order valence-electron chi connectivity index (χ4n) is 1.87. The summed E-state index contributed by atoms with van der Waals surface area (Å²) >= 11 is 1.44. The second-order valence-corrected chi connectivity index (χ2v) is 5.39. The number of thioether (sulfide) groups is 1. The molecule has 0 radical (unpaired) electrons. The minimum atomic E-state index is -1.07. The molecular formula is C13H14N2O3S. The van der Waals surface area contributed by atoms with Crippen LogP contribution in [0.4, 0.5) is 0 Å². The minimum absolute atomic E-state index is 0.117. The lowest BCUT2D eigenvalue weighted by Gasteiger charge is -2.09. The van der Waals surface area contributed by atoms with E-state index in [2.05, 4.69) is 5.32 Å². The van der Waals surface area contributed by atoms with Gasteiger partial charge in [0.05, 0.1) is 5.03 Å². The molecule has 1 aromatic rings. The predicted molar refractivity (Wildman–Crippen MR) is 73.2 cm³/mol. The lowest BCUT2D eigenvalue weighted by Crippen LogP contribution is -2.30. The van der Waals surface area contributed by atoms with Gasteiger partial charge in [-0.05, 0) is 12.0 Å². The molecule has 0 saturated heterocycles. The van der Waals surface area contributed by atoms with Crippen molar-refractivity contribution in [1.29, 1.82) is 0 Å². The zero-order valence-electron chi connectivity index (χ0n) is 10.1. The molecule has 0 bridgehead atoms. The van der Waals surface area contributed by atoms with Crippen LogP contribution >= 0.6 is 11.8 Å². The highest BCUT2D eigenvalue weighted by Gasteiger charge is 2.28. The van der Waals surface area contributed by atoms with Gasteiger partial charge in [-0.1, -0.05) is 30.3 Å². The molecule has 6 heteroatoms. The second-order valence-electron chi connectivity index (χ2n) is 4.14. The van der Waals surface area contributed by atoms with Crippen molar-refractivity contribution in [2.24, 2.45) is 5.73 Å². The summed E-state index contributed by atoms with van der Waals surface area (Å²) < 4.78 is 0. The van der Waals surface area contributed by atoms with Crippen LogP contribution in [0.1, 0.15) is 17.2 Å². The number of hydrogen-bond acceptors (Lipinski definition) is 4. The van der Waals surface area contributed by atoms with E-state index in [0.29, 0.717) is 17.0 Å². The highest BCUT2D eigenvalue weighted by molar-refractivity contribution is 8.03. The number of aliphatic carboxylic acids is 1. The summed E-state index contributed by atoms with van der Waals surface area (Å²) in [6.07, 6.45) is 0.520. The van der Waals surface area contributed by atoms with Gasteiger partial charge in [-0.15, -0.1) is 11.8 Å². The maximum absolute atomic E-state index is 11.8. The van der Waals surface area contributed by atoms with E-state index in [1.165, 1.54) is 11.8 Å². The molecule has 0 fully saturated rings. The van der Waals surface area contributed by atoms with Crippen molar-refractivity contribution < 1.29 is 14.7 Å². The SMILES string of the molecule is NC1=C(C(=O)NCC(=O)O)CC(c2ccccc2)S1. The van der Waals surface area contributed by atoms with Crippen LogP contribution in [-0.2, 0) is 9.59 Å². The summed E-state index contributed by atoms with van der Waals surface area (Å²) in [4.78, 5) is 22.2. The van der Waals surface area contributed by atoms with Gasteiger partial charge in [0, 0.05) is 10.8 Å². The summed E-state index contributed by atoms with van der Waals surface area (Å²) in [7, 11) is 0. The molecular weight excluding hydrogens is 264 g/mol. The molecule has 1 aliphatic heterocycles. The van der Waals surface area contributed by atoms with Crippen LogP contribution in [0.2, 0.25) is 0 Å². The van der Waals surface area contributed by atoms with E-state index in [0.717, 1.165) is 5.56 Å². The number of carbonyl (C=O) groups excluding carboxylic acids is 1. The number of nitrogens with one attached hydrogen (secondary N) is 1. The van der Waals surface area contributed by atoms with Crippen molar-refractivity contribution in [3.63, 3.8) is 0 Å². The quantitative estimate of drug-likeness (QED) is 0.770. The van der Waals surface area contributed by atoms with Crippen LogP contribution in [-0.4, -0.2) is 23.5 Å². The molecule has 5 nitrogen and oxygen atoms in total. The van der Waals surface area contributed by atoms with E-state index in [1.807, 2.05) is 30.3 Å². The van der Waals surface area contributed by atoms with Crippen LogP contribution < -0.4 is 11.1 Å². The van der Waals surface area contributed by atoms with E-state index in [9.17, 15) is 9.59 Å². The normalized spacial score (nSPS) is 18.4. The van der Waals surface area contributed by atoms with Crippen LogP contribution in [0.3, 0.4) is 0 Å². The largest absolute Gasteiger partial charge is 0.480 e. The molecule has 1 aromatic carbocycles. The summed E-state index contributed by atoms with van der Waals surface area (Å²) in [5.41, 5.74) is 7.43. The first kappa shape index (κ1) is 13.5. The van der Waals surface area contributed by atoms with E-state index in [4.69, 9.17) is 10.8 Å². The molecule has 1 atom stereocenters. The molecule has 0 saturated carbocycles. The third kappa shape index (κ3) is 3.29. The van der Waals surface area contributed by atoms with E-state index in [1.54, 1.807) is 0 Å². The summed E-state index contributed by atoms with van der Waals surface area (Å²) in [6, 6.07) is 9.79. The Morgan fingerprint density at radius 2 is 2.05 bits per heavy atom. The molecule has 0 aliphatic carbocycles. The number of carboxylic acids is 1. The number of carboxylic acid groups (broad SMARTS) is 1. The summed E-state index contributed by atoms with van der Waals surface area (Å²) in [6.45, 7) is -0.393. The van der Waals surface area contributed by atoms with E-state index < -0.39 is 18.4 Å². The van der Waals surface area contributed by atoms with Crippen molar-refractivity contribution in [2.45, 2.75) is 11.7 Å². The summed E-state index contributed by atoms with van der Waals surface area (Å²) in [5.74, 6) is -1.47. The van der Waals surface area contributed by atoms with Crippen LogP contribution in [0, 0.1) is 0 Å². The molecule has 100 valence electrons. The van der Waals surface area contributed by atoms with Gasteiger partial charge in [0.15, 0.2) is 0 Å². The third-order valence-corrected chi connectivity index (χ3v) is 4.03. The monoisotopic (exact) mass is 278 g/mol. The molecule has 0 spiro atoms. The molecule has 1 aliphatic rings. The van der Waals surface area contributed by atoms with Gasteiger partial charge < -0.3 is 16.2 Å². The topological polar surface area (TPSA) is 92.4 Å². The molecule has 2 rings (SSSR count). The van der Waals surface area contributed by atoms with E-state index in [-0.39, 0.29) is 5.25 Å². The van der Waals surface area contributed by atoms with Gasteiger partial charge in [-0.3, -0.25) is 9.59 Å². The van der Waals surface area contributed by atoms with Crippen LogP contribution in [0.15, 0.2) is 40.9 Å². The van der Waals surface area contributed by atoms with Crippen molar-refractivity contribution in [1.82, 2.24) is 5.32 Å². The average molecular weight is 278 g/mol. The Kier molecular flexibility index (Phi) is 4.11. The number of hydrogen-bond donors (Lipinski definition) is 3. The minimum Gasteiger partial charge on any atom is -0.480 e. The Bertz CT molecular complexity index is 528. The summed E-state index contributed by atoms with van der Waals surface area (Å²) in [5, 5.41) is 11.5. The van der Waals surface area contributed by atoms with Gasteiger partial charge in [-0.2, -0.15) is 0 Å². The van der Waals surface area contributed by atoms with Crippen LogP contribution in [0.5, 0.6) is 0 Å². The molecule has 0 aromatic heterocycles. The zero-order chi connectivity index (χ0) is 13.8.